The molecule has 0 saturated carbocycles. The minimum Gasteiger partial charge on any atom is -0.342 e. The number of hydrogen-bond acceptors (Lipinski definition) is 4. The molecule has 0 radical (unpaired) electrons. The average Bonchev–Trinajstić information content (AvgIpc) is 2.43. The van der Waals surface area contributed by atoms with E-state index in [9.17, 15) is 4.79 Å². The van der Waals surface area contributed by atoms with Gasteiger partial charge < -0.3 is 15.1 Å². The number of amides is 1. The highest BCUT2D eigenvalue weighted by Crippen LogP contribution is 2.29. The predicted molar refractivity (Wildman–Crippen MR) is 85.3 cm³/mol. The maximum absolute atomic E-state index is 12.4. The number of pyridine rings is 1. The van der Waals surface area contributed by atoms with Crippen LogP contribution in [0.4, 0.5) is 5.82 Å². The lowest BCUT2D eigenvalue weighted by atomic mass is 9.97. The van der Waals surface area contributed by atoms with Gasteiger partial charge in [-0.05, 0) is 19.9 Å². The van der Waals surface area contributed by atoms with E-state index in [1.165, 1.54) is 0 Å². The molecule has 1 saturated heterocycles. The minimum absolute atomic E-state index is 0.141. The van der Waals surface area contributed by atoms with Crippen LogP contribution in [0.5, 0.6) is 0 Å². The molecular formula is C16H26N4O. The molecule has 1 aromatic heterocycles. The first-order chi connectivity index (χ1) is 9.84. The maximum atomic E-state index is 12.4. The van der Waals surface area contributed by atoms with Crippen molar-refractivity contribution in [1.82, 2.24) is 15.2 Å². The number of nitrogens with zero attached hydrogens (tertiary/aromatic N) is 3. The largest absolute Gasteiger partial charge is 0.342 e. The molecule has 21 heavy (non-hydrogen) atoms. The molecule has 0 spiro atoms. The SMILES string of the molecule is CC(C)NCc1cccnc1N1CCN(C)C(=O)C1(C)C. The molecule has 2 rings (SSSR count). The van der Waals surface area contributed by atoms with Crippen molar-refractivity contribution in [2.45, 2.75) is 45.8 Å². The first-order valence-corrected chi connectivity index (χ1v) is 7.54. The fraction of sp³-hybridized carbons (Fsp3) is 0.625. The van der Waals surface area contributed by atoms with Gasteiger partial charge in [-0.1, -0.05) is 19.9 Å². The summed E-state index contributed by atoms with van der Waals surface area (Å²) in [6, 6.07) is 4.45. The quantitative estimate of drug-likeness (QED) is 0.916. The van der Waals surface area contributed by atoms with Crippen LogP contribution in [0.1, 0.15) is 33.3 Å². The van der Waals surface area contributed by atoms with Gasteiger partial charge in [0.1, 0.15) is 11.4 Å². The molecule has 0 bridgehead atoms. The number of carbonyl (C=O) groups is 1. The highest BCUT2D eigenvalue weighted by atomic mass is 16.2. The number of piperazine rings is 1. The summed E-state index contributed by atoms with van der Waals surface area (Å²) in [4.78, 5) is 20.9. The summed E-state index contributed by atoms with van der Waals surface area (Å²) in [5, 5.41) is 3.43. The molecular weight excluding hydrogens is 264 g/mol. The van der Waals surface area contributed by atoms with Crippen LogP contribution < -0.4 is 10.2 Å². The van der Waals surface area contributed by atoms with Crippen molar-refractivity contribution in [3.05, 3.63) is 23.9 Å². The summed E-state index contributed by atoms with van der Waals surface area (Å²) in [5.74, 6) is 1.05. The van der Waals surface area contributed by atoms with Crippen LogP contribution in [0.2, 0.25) is 0 Å². The normalized spacial score (nSPS) is 18.5. The summed E-state index contributed by atoms with van der Waals surface area (Å²) in [6.07, 6.45) is 1.80. The highest BCUT2D eigenvalue weighted by molar-refractivity contribution is 5.90. The fourth-order valence-corrected chi connectivity index (χ4v) is 2.71. The molecule has 0 aromatic carbocycles. The molecule has 1 aliphatic rings. The van der Waals surface area contributed by atoms with Gasteiger partial charge in [0.25, 0.3) is 0 Å². The van der Waals surface area contributed by atoms with E-state index in [2.05, 4.69) is 35.1 Å². The van der Waals surface area contributed by atoms with Crippen molar-refractivity contribution < 1.29 is 4.79 Å². The smallest absolute Gasteiger partial charge is 0.247 e. The Morgan fingerprint density at radius 2 is 2.10 bits per heavy atom. The molecule has 5 heteroatoms. The molecule has 5 nitrogen and oxygen atoms in total. The monoisotopic (exact) mass is 290 g/mol. The van der Waals surface area contributed by atoms with E-state index in [1.807, 2.05) is 27.0 Å². The Hall–Kier alpha value is -1.62. The van der Waals surface area contributed by atoms with Gasteiger partial charge in [-0.3, -0.25) is 4.79 Å². The summed E-state index contributed by atoms with van der Waals surface area (Å²) in [6.45, 7) is 10.5. The van der Waals surface area contributed by atoms with E-state index in [4.69, 9.17) is 0 Å². The second kappa shape index (κ2) is 6.02. The van der Waals surface area contributed by atoms with Crippen LogP contribution in [0, 0.1) is 0 Å². The third kappa shape index (κ3) is 3.18. The Bertz CT molecular complexity index is 513. The molecule has 0 unspecified atom stereocenters. The number of rotatable bonds is 4. The van der Waals surface area contributed by atoms with Crippen LogP contribution >= 0.6 is 0 Å². The average molecular weight is 290 g/mol. The van der Waals surface area contributed by atoms with E-state index in [0.717, 1.165) is 31.0 Å². The van der Waals surface area contributed by atoms with Crippen molar-refractivity contribution in [3.63, 3.8) is 0 Å². The zero-order valence-corrected chi connectivity index (χ0v) is 13.7. The second-order valence-corrected chi connectivity index (χ2v) is 6.46. The minimum atomic E-state index is -0.562. The Labute approximate surface area is 127 Å². The maximum Gasteiger partial charge on any atom is 0.247 e. The van der Waals surface area contributed by atoms with Crippen molar-refractivity contribution in [1.29, 1.82) is 0 Å². The van der Waals surface area contributed by atoms with Gasteiger partial charge in [0, 0.05) is 44.5 Å². The van der Waals surface area contributed by atoms with Gasteiger partial charge in [-0.25, -0.2) is 4.98 Å². The van der Waals surface area contributed by atoms with E-state index < -0.39 is 5.54 Å². The zero-order chi connectivity index (χ0) is 15.6. The fourth-order valence-electron chi connectivity index (χ4n) is 2.71. The predicted octanol–water partition coefficient (Wildman–Crippen LogP) is 1.64. The topological polar surface area (TPSA) is 48.5 Å². The number of carbonyl (C=O) groups excluding carboxylic acids is 1. The van der Waals surface area contributed by atoms with Crippen LogP contribution in [0.25, 0.3) is 0 Å². The number of aromatic nitrogens is 1. The van der Waals surface area contributed by atoms with Gasteiger partial charge in [-0.2, -0.15) is 0 Å². The second-order valence-electron chi connectivity index (χ2n) is 6.46. The Balaban J connectivity index is 2.31. The van der Waals surface area contributed by atoms with Crippen molar-refractivity contribution in [3.8, 4) is 0 Å². The van der Waals surface area contributed by atoms with Gasteiger partial charge in [0.2, 0.25) is 5.91 Å². The molecule has 1 aliphatic heterocycles. The lowest BCUT2D eigenvalue weighted by Gasteiger charge is -2.46. The standard InChI is InChI=1S/C16H26N4O/c1-12(2)18-11-13-7-6-8-17-14(13)20-10-9-19(5)15(21)16(20,3)4/h6-8,12,18H,9-11H2,1-5H3. The van der Waals surface area contributed by atoms with Gasteiger partial charge in [0.05, 0.1) is 0 Å². The summed E-state index contributed by atoms with van der Waals surface area (Å²) in [7, 11) is 1.86. The van der Waals surface area contributed by atoms with E-state index in [1.54, 1.807) is 11.1 Å². The van der Waals surface area contributed by atoms with Gasteiger partial charge >= 0.3 is 0 Å². The number of hydrogen-bond donors (Lipinski definition) is 1. The highest BCUT2D eigenvalue weighted by Gasteiger charge is 2.41. The summed E-state index contributed by atoms with van der Waals surface area (Å²) < 4.78 is 0. The van der Waals surface area contributed by atoms with Crippen LogP contribution in [0.3, 0.4) is 0 Å². The Kier molecular flexibility index (Phi) is 4.52. The van der Waals surface area contributed by atoms with Crippen molar-refractivity contribution in [2.24, 2.45) is 0 Å². The lowest BCUT2D eigenvalue weighted by molar-refractivity contribution is -0.136. The van der Waals surface area contributed by atoms with Crippen molar-refractivity contribution in [2.75, 3.05) is 25.0 Å². The van der Waals surface area contributed by atoms with Gasteiger partial charge in [-0.15, -0.1) is 0 Å². The first-order valence-electron chi connectivity index (χ1n) is 7.54. The number of nitrogens with one attached hydrogen (secondary N) is 1. The third-order valence-electron chi connectivity index (χ3n) is 4.03. The van der Waals surface area contributed by atoms with E-state index >= 15 is 0 Å². The molecule has 0 aliphatic carbocycles. The number of likely N-dealkylation sites (N-methyl/N-ethyl adjacent to an activating group) is 1. The van der Waals surface area contributed by atoms with Gasteiger partial charge in [0.15, 0.2) is 0 Å². The first kappa shape index (κ1) is 15.8. The van der Waals surface area contributed by atoms with E-state index in [-0.39, 0.29) is 5.91 Å². The lowest BCUT2D eigenvalue weighted by Crippen LogP contribution is -2.62. The Morgan fingerprint density at radius 3 is 2.76 bits per heavy atom. The van der Waals surface area contributed by atoms with Crippen LogP contribution in [-0.4, -0.2) is 47.5 Å². The molecule has 2 heterocycles. The zero-order valence-electron chi connectivity index (χ0n) is 13.7. The van der Waals surface area contributed by atoms with Crippen LogP contribution in [0.15, 0.2) is 18.3 Å². The molecule has 1 aromatic rings. The summed E-state index contributed by atoms with van der Waals surface area (Å²) >= 11 is 0. The van der Waals surface area contributed by atoms with Crippen LogP contribution in [-0.2, 0) is 11.3 Å². The molecule has 0 atom stereocenters. The molecule has 1 fully saturated rings. The van der Waals surface area contributed by atoms with Crippen molar-refractivity contribution >= 4 is 11.7 Å². The van der Waals surface area contributed by atoms with E-state index in [0.29, 0.717) is 6.04 Å². The number of anilines is 1. The third-order valence-corrected chi connectivity index (χ3v) is 4.03. The Morgan fingerprint density at radius 1 is 1.38 bits per heavy atom. The summed E-state index contributed by atoms with van der Waals surface area (Å²) in [5.41, 5.74) is 0.574. The molecule has 1 N–H and O–H groups in total. The molecule has 116 valence electrons. The molecule has 1 amide bonds.